The SMILES string of the molecule is CC1CCN(Cc2ccc3c(c2)c(C(F)(F)F)c(CN)c(=O)n3C)CCC1(F)F. The van der Waals surface area contributed by atoms with Gasteiger partial charge in [0, 0.05) is 50.0 Å². The van der Waals surface area contributed by atoms with E-state index in [1.807, 2.05) is 4.90 Å². The van der Waals surface area contributed by atoms with Crippen LogP contribution in [0.15, 0.2) is 23.0 Å². The minimum atomic E-state index is -4.74. The zero-order chi connectivity index (χ0) is 21.6. The first-order chi connectivity index (χ1) is 13.5. The van der Waals surface area contributed by atoms with Crippen LogP contribution in [0.2, 0.25) is 0 Å². The molecule has 1 aliphatic heterocycles. The highest BCUT2D eigenvalue weighted by Crippen LogP contribution is 2.37. The molecule has 0 radical (unpaired) electrons. The molecule has 0 saturated carbocycles. The lowest BCUT2D eigenvalue weighted by atomic mass is 9.99. The second-order valence-corrected chi connectivity index (χ2v) is 7.75. The molecule has 2 heterocycles. The first-order valence-electron chi connectivity index (χ1n) is 9.47. The molecule has 2 N–H and O–H groups in total. The maximum atomic E-state index is 13.9. The molecule has 1 fully saturated rings. The van der Waals surface area contributed by atoms with Crippen molar-refractivity contribution in [3.63, 3.8) is 0 Å². The minimum absolute atomic E-state index is 0.105. The molecule has 2 aromatic rings. The minimum Gasteiger partial charge on any atom is -0.326 e. The molecule has 29 heavy (non-hydrogen) atoms. The van der Waals surface area contributed by atoms with Crippen molar-refractivity contribution in [2.24, 2.45) is 18.7 Å². The standard InChI is InChI=1S/C20H24F5N3O/c1-12-5-7-28(8-6-19(12,21)22)11-13-3-4-16-14(9-13)17(20(23,24)25)15(10-26)18(29)27(16)2/h3-4,9,12H,5-8,10-11,26H2,1-2H3. The molecule has 1 saturated heterocycles. The summed E-state index contributed by atoms with van der Waals surface area (Å²) in [5.41, 5.74) is 3.91. The number of halogens is 5. The summed E-state index contributed by atoms with van der Waals surface area (Å²) in [6, 6.07) is 4.50. The summed E-state index contributed by atoms with van der Waals surface area (Å²) in [6.45, 7) is 1.87. The highest BCUT2D eigenvalue weighted by Gasteiger charge is 2.39. The maximum absolute atomic E-state index is 13.9. The average molecular weight is 417 g/mol. The van der Waals surface area contributed by atoms with Gasteiger partial charge in [0.1, 0.15) is 0 Å². The van der Waals surface area contributed by atoms with E-state index in [2.05, 4.69) is 0 Å². The Balaban J connectivity index is 2.04. The Bertz CT molecular complexity index is 967. The summed E-state index contributed by atoms with van der Waals surface area (Å²) < 4.78 is 70.3. The van der Waals surface area contributed by atoms with Gasteiger partial charge >= 0.3 is 6.18 Å². The Hall–Kier alpha value is -2.00. The van der Waals surface area contributed by atoms with Crippen LogP contribution in [-0.4, -0.2) is 28.5 Å². The van der Waals surface area contributed by atoms with Gasteiger partial charge in [-0.15, -0.1) is 0 Å². The normalized spacial score (nSPS) is 20.8. The molecular weight excluding hydrogens is 393 g/mol. The van der Waals surface area contributed by atoms with E-state index in [1.54, 1.807) is 6.07 Å². The van der Waals surface area contributed by atoms with E-state index in [-0.39, 0.29) is 30.4 Å². The molecule has 1 atom stereocenters. The van der Waals surface area contributed by atoms with E-state index in [4.69, 9.17) is 5.73 Å². The molecule has 0 aliphatic carbocycles. The van der Waals surface area contributed by atoms with E-state index in [0.29, 0.717) is 18.5 Å². The molecule has 3 rings (SSSR count). The van der Waals surface area contributed by atoms with Crippen molar-refractivity contribution in [3.8, 4) is 0 Å². The first-order valence-corrected chi connectivity index (χ1v) is 9.47. The fourth-order valence-electron chi connectivity index (χ4n) is 3.94. The predicted octanol–water partition coefficient (Wildman–Crippen LogP) is 3.88. The van der Waals surface area contributed by atoms with Crippen molar-refractivity contribution in [1.29, 1.82) is 0 Å². The second-order valence-electron chi connectivity index (χ2n) is 7.75. The number of hydrogen-bond acceptors (Lipinski definition) is 3. The van der Waals surface area contributed by atoms with Crippen LogP contribution in [0.1, 0.15) is 36.5 Å². The number of benzene rings is 1. The molecular formula is C20H24F5N3O. The first kappa shape index (κ1) is 21.7. The summed E-state index contributed by atoms with van der Waals surface area (Å²) in [7, 11) is 1.40. The highest BCUT2D eigenvalue weighted by atomic mass is 19.4. The lowest BCUT2D eigenvalue weighted by Crippen LogP contribution is -2.29. The van der Waals surface area contributed by atoms with Gasteiger partial charge in [-0.05, 0) is 30.7 Å². The van der Waals surface area contributed by atoms with Gasteiger partial charge in [0.25, 0.3) is 11.5 Å². The average Bonchev–Trinajstić information content (AvgIpc) is 2.76. The summed E-state index contributed by atoms with van der Waals surface area (Å²) in [5, 5.41) is -0.105. The zero-order valence-electron chi connectivity index (χ0n) is 16.3. The van der Waals surface area contributed by atoms with Crippen molar-refractivity contribution in [2.45, 2.75) is 45.0 Å². The Labute approximate surface area is 165 Å². The third-order valence-electron chi connectivity index (χ3n) is 5.81. The van der Waals surface area contributed by atoms with E-state index in [0.717, 1.165) is 4.57 Å². The molecule has 1 aromatic carbocycles. The van der Waals surface area contributed by atoms with Gasteiger partial charge in [-0.2, -0.15) is 13.2 Å². The van der Waals surface area contributed by atoms with Crippen LogP contribution in [0.4, 0.5) is 22.0 Å². The number of alkyl halides is 5. The Morgan fingerprint density at radius 3 is 2.55 bits per heavy atom. The fraction of sp³-hybridized carbons (Fsp3) is 0.550. The van der Waals surface area contributed by atoms with Crippen molar-refractivity contribution in [1.82, 2.24) is 9.47 Å². The monoisotopic (exact) mass is 417 g/mol. The fourth-order valence-corrected chi connectivity index (χ4v) is 3.94. The third kappa shape index (κ3) is 4.16. The van der Waals surface area contributed by atoms with Crippen LogP contribution in [0.5, 0.6) is 0 Å². The molecule has 4 nitrogen and oxygen atoms in total. The smallest absolute Gasteiger partial charge is 0.326 e. The largest absolute Gasteiger partial charge is 0.417 e. The number of rotatable bonds is 3. The number of nitrogens with two attached hydrogens (primary N) is 1. The molecule has 0 amide bonds. The molecule has 160 valence electrons. The topological polar surface area (TPSA) is 51.3 Å². The predicted molar refractivity (Wildman–Crippen MR) is 101 cm³/mol. The number of likely N-dealkylation sites (tertiary alicyclic amines) is 1. The van der Waals surface area contributed by atoms with E-state index in [1.165, 1.54) is 26.1 Å². The summed E-state index contributed by atoms with van der Waals surface area (Å²) in [4.78, 5) is 14.1. The number of nitrogens with zero attached hydrogens (tertiary/aromatic N) is 2. The van der Waals surface area contributed by atoms with E-state index < -0.39 is 41.2 Å². The quantitative estimate of drug-likeness (QED) is 0.772. The lowest BCUT2D eigenvalue weighted by molar-refractivity contribution is -0.137. The zero-order valence-corrected chi connectivity index (χ0v) is 16.3. The highest BCUT2D eigenvalue weighted by molar-refractivity contribution is 5.85. The second kappa shape index (κ2) is 7.68. The lowest BCUT2D eigenvalue weighted by Gasteiger charge is -2.22. The van der Waals surface area contributed by atoms with Gasteiger partial charge in [-0.25, -0.2) is 8.78 Å². The number of aryl methyl sites for hydroxylation is 1. The summed E-state index contributed by atoms with van der Waals surface area (Å²) in [5.74, 6) is -3.47. The van der Waals surface area contributed by atoms with Gasteiger partial charge in [0.2, 0.25) is 0 Å². The molecule has 9 heteroatoms. The molecule has 0 spiro atoms. The molecule has 1 aromatic heterocycles. The molecule has 1 aliphatic rings. The molecule has 0 bridgehead atoms. The van der Waals surface area contributed by atoms with Crippen LogP contribution in [0, 0.1) is 5.92 Å². The Morgan fingerprint density at radius 2 is 1.93 bits per heavy atom. The number of pyridine rings is 1. The number of fused-ring (bicyclic) bond motifs is 1. The van der Waals surface area contributed by atoms with Crippen molar-refractivity contribution in [2.75, 3.05) is 13.1 Å². The van der Waals surface area contributed by atoms with Crippen LogP contribution in [-0.2, 0) is 26.3 Å². The van der Waals surface area contributed by atoms with Gasteiger partial charge in [-0.1, -0.05) is 13.0 Å². The third-order valence-corrected chi connectivity index (χ3v) is 5.81. The van der Waals surface area contributed by atoms with Crippen molar-refractivity contribution < 1.29 is 22.0 Å². The van der Waals surface area contributed by atoms with Gasteiger partial charge in [0.15, 0.2) is 0 Å². The Kier molecular flexibility index (Phi) is 5.75. The maximum Gasteiger partial charge on any atom is 0.417 e. The van der Waals surface area contributed by atoms with Crippen LogP contribution in [0.25, 0.3) is 10.9 Å². The summed E-state index contributed by atoms with van der Waals surface area (Å²) in [6.07, 6.45) is -4.69. The van der Waals surface area contributed by atoms with Crippen LogP contribution < -0.4 is 11.3 Å². The van der Waals surface area contributed by atoms with Crippen molar-refractivity contribution >= 4 is 10.9 Å². The van der Waals surface area contributed by atoms with Gasteiger partial charge in [0.05, 0.1) is 11.1 Å². The molecule has 1 unspecified atom stereocenters. The van der Waals surface area contributed by atoms with Crippen LogP contribution in [0.3, 0.4) is 0 Å². The van der Waals surface area contributed by atoms with Gasteiger partial charge < -0.3 is 10.3 Å². The van der Waals surface area contributed by atoms with E-state index >= 15 is 0 Å². The number of hydrogen-bond donors (Lipinski definition) is 1. The van der Waals surface area contributed by atoms with E-state index in [9.17, 15) is 26.7 Å². The van der Waals surface area contributed by atoms with Crippen LogP contribution >= 0.6 is 0 Å². The van der Waals surface area contributed by atoms with Gasteiger partial charge in [-0.3, -0.25) is 9.69 Å². The Morgan fingerprint density at radius 1 is 1.24 bits per heavy atom. The van der Waals surface area contributed by atoms with Crippen molar-refractivity contribution in [3.05, 3.63) is 45.2 Å². The summed E-state index contributed by atoms with van der Waals surface area (Å²) >= 11 is 0. The number of aromatic nitrogens is 1.